The average Bonchev–Trinajstić information content (AvgIpc) is 3.18. The number of hydrogen-bond acceptors (Lipinski definition) is 2. The summed E-state index contributed by atoms with van der Waals surface area (Å²) in [7, 11) is 0. The van der Waals surface area contributed by atoms with Crippen LogP contribution in [0.2, 0.25) is 0 Å². The lowest BCUT2D eigenvalue weighted by molar-refractivity contribution is 0.0209. The summed E-state index contributed by atoms with van der Waals surface area (Å²) in [6.07, 6.45) is 19.3. The van der Waals surface area contributed by atoms with Gasteiger partial charge in [0.1, 0.15) is 6.10 Å². The van der Waals surface area contributed by atoms with Gasteiger partial charge in [-0.15, -0.1) is 0 Å². The third kappa shape index (κ3) is 6.29. The molecule has 2 fully saturated rings. The Morgan fingerprint density at radius 3 is 2.18 bits per heavy atom. The standard InChI is InChI=1S/C20H33NO/c1-2-3-4-5-6-7-9-12-17(16-21)13-10-8-11-14-19-18-15-20(18)22-19/h17-18,20H,1-15H2. The Hall–Kier alpha value is -0.550. The van der Waals surface area contributed by atoms with Crippen molar-refractivity contribution < 1.29 is 4.74 Å². The second-order valence-corrected chi connectivity index (χ2v) is 7.15. The minimum Gasteiger partial charge on any atom is -0.368 e. The third-order valence-corrected chi connectivity index (χ3v) is 5.16. The highest BCUT2D eigenvalue weighted by Gasteiger charge is 2.55. The summed E-state index contributed by atoms with van der Waals surface area (Å²) in [4.78, 5) is 0. The summed E-state index contributed by atoms with van der Waals surface area (Å²) in [5.74, 6) is 1.14. The van der Waals surface area contributed by atoms with Crippen molar-refractivity contribution in [2.24, 2.45) is 11.8 Å². The predicted octanol–water partition coefficient (Wildman–Crippen LogP) is 5.98. The molecule has 2 nitrogen and oxygen atoms in total. The van der Waals surface area contributed by atoms with Gasteiger partial charge in [0.15, 0.2) is 0 Å². The Morgan fingerprint density at radius 2 is 1.64 bits per heavy atom. The van der Waals surface area contributed by atoms with E-state index in [-0.39, 0.29) is 0 Å². The van der Waals surface area contributed by atoms with Crippen LogP contribution < -0.4 is 0 Å². The van der Waals surface area contributed by atoms with Crippen molar-refractivity contribution in [1.29, 1.82) is 5.26 Å². The molecule has 0 spiro atoms. The molecule has 0 amide bonds. The topological polar surface area (TPSA) is 33.0 Å². The molecule has 2 heteroatoms. The van der Waals surface area contributed by atoms with E-state index in [4.69, 9.17) is 4.74 Å². The van der Waals surface area contributed by atoms with Crippen molar-refractivity contribution >= 4 is 0 Å². The van der Waals surface area contributed by atoms with E-state index in [2.05, 4.69) is 13.0 Å². The van der Waals surface area contributed by atoms with Gasteiger partial charge >= 0.3 is 0 Å². The molecule has 1 heterocycles. The van der Waals surface area contributed by atoms with Crippen LogP contribution in [0.25, 0.3) is 0 Å². The summed E-state index contributed by atoms with van der Waals surface area (Å²) < 4.78 is 5.62. The molecular weight excluding hydrogens is 270 g/mol. The van der Waals surface area contributed by atoms with Crippen LogP contribution in [0, 0.1) is 36.2 Å². The molecule has 3 unspecified atom stereocenters. The number of nitriles is 1. The average molecular weight is 303 g/mol. The van der Waals surface area contributed by atoms with Gasteiger partial charge in [-0.25, -0.2) is 0 Å². The molecule has 1 saturated heterocycles. The molecule has 124 valence electrons. The Balaban J connectivity index is 1.35. The second kappa shape index (κ2) is 10.3. The maximum absolute atomic E-state index is 9.25. The Kier molecular flexibility index (Phi) is 8.31. The van der Waals surface area contributed by atoms with Crippen LogP contribution in [0.5, 0.6) is 0 Å². The fourth-order valence-electron chi connectivity index (χ4n) is 3.51. The lowest BCUT2D eigenvalue weighted by Gasteiger charge is -2.24. The molecule has 2 aliphatic rings. The molecule has 0 aromatic heterocycles. The van der Waals surface area contributed by atoms with Gasteiger partial charge in [-0.1, -0.05) is 71.1 Å². The van der Waals surface area contributed by atoms with Crippen LogP contribution in [0.1, 0.15) is 89.9 Å². The zero-order chi connectivity index (χ0) is 15.6. The SMILES string of the molecule is [CH2]CCCCCCCCC(C#N)CCCCC[C]1OC2CC12. The zero-order valence-electron chi connectivity index (χ0n) is 14.2. The first-order valence-corrected chi connectivity index (χ1v) is 9.56. The molecule has 0 bridgehead atoms. The van der Waals surface area contributed by atoms with E-state index in [9.17, 15) is 5.26 Å². The fraction of sp³-hybridized carbons (Fsp3) is 0.850. The van der Waals surface area contributed by atoms with Crippen molar-refractivity contribution in [3.8, 4) is 6.07 Å². The fourth-order valence-corrected chi connectivity index (χ4v) is 3.51. The monoisotopic (exact) mass is 303 g/mol. The smallest absolute Gasteiger partial charge is 0.103 e. The van der Waals surface area contributed by atoms with Gasteiger partial charge in [0, 0.05) is 11.8 Å². The highest BCUT2D eigenvalue weighted by Crippen LogP contribution is 2.55. The first-order valence-electron chi connectivity index (χ1n) is 9.56. The second-order valence-electron chi connectivity index (χ2n) is 7.15. The van der Waals surface area contributed by atoms with Crippen molar-refractivity contribution in [2.75, 3.05) is 0 Å². The first-order chi connectivity index (χ1) is 10.8. The van der Waals surface area contributed by atoms with Crippen LogP contribution in [-0.2, 0) is 4.74 Å². The van der Waals surface area contributed by atoms with Gasteiger partial charge in [-0.3, -0.25) is 0 Å². The molecule has 2 rings (SSSR count). The van der Waals surface area contributed by atoms with Crippen LogP contribution in [0.15, 0.2) is 0 Å². The summed E-state index contributed by atoms with van der Waals surface area (Å²) >= 11 is 0. The maximum atomic E-state index is 9.25. The van der Waals surface area contributed by atoms with E-state index in [1.807, 2.05) is 0 Å². The number of fused-ring (bicyclic) bond motifs is 1. The van der Waals surface area contributed by atoms with E-state index < -0.39 is 0 Å². The molecule has 1 saturated carbocycles. The van der Waals surface area contributed by atoms with E-state index in [0.717, 1.165) is 25.2 Å². The zero-order valence-corrected chi connectivity index (χ0v) is 14.2. The lowest BCUT2D eigenvalue weighted by atomic mass is 9.95. The molecule has 0 aromatic carbocycles. The number of nitrogens with zero attached hydrogens (tertiary/aromatic N) is 1. The summed E-state index contributed by atoms with van der Waals surface area (Å²) in [5, 5.41) is 9.25. The van der Waals surface area contributed by atoms with E-state index in [0.29, 0.717) is 12.0 Å². The van der Waals surface area contributed by atoms with Crippen LogP contribution in [0.4, 0.5) is 0 Å². The number of rotatable bonds is 14. The summed E-state index contributed by atoms with van der Waals surface area (Å²) in [6.45, 7) is 3.87. The van der Waals surface area contributed by atoms with Gasteiger partial charge in [-0.2, -0.15) is 5.26 Å². The molecule has 2 radical (unpaired) electrons. The van der Waals surface area contributed by atoms with Gasteiger partial charge in [0.05, 0.1) is 12.2 Å². The van der Waals surface area contributed by atoms with E-state index in [1.54, 1.807) is 0 Å². The maximum Gasteiger partial charge on any atom is 0.103 e. The predicted molar refractivity (Wildman–Crippen MR) is 90.7 cm³/mol. The molecule has 22 heavy (non-hydrogen) atoms. The third-order valence-electron chi connectivity index (χ3n) is 5.16. The highest BCUT2D eigenvalue weighted by atomic mass is 16.5. The van der Waals surface area contributed by atoms with Crippen molar-refractivity contribution in [2.45, 2.75) is 96.0 Å². The van der Waals surface area contributed by atoms with Crippen LogP contribution in [0.3, 0.4) is 0 Å². The molecule has 0 aromatic rings. The van der Waals surface area contributed by atoms with Gasteiger partial charge in [-0.05, 0) is 25.7 Å². The van der Waals surface area contributed by atoms with Crippen LogP contribution in [-0.4, -0.2) is 6.10 Å². The summed E-state index contributed by atoms with van der Waals surface area (Å²) in [6, 6.07) is 2.51. The van der Waals surface area contributed by atoms with E-state index >= 15 is 0 Å². The number of unbranched alkanes of at least 4 members (excludes halogenated alkanes) is 8. The Labute approximate surface area is 137 Å². The molecule has 1 aliphatic heterocycles. The van der Waals surface area contributed by atoms with Gasteiger partial charge < -0.3 is 4.74 Å². The van der Waals surface area contributed by atoms with Crippen molar-refractivity contribution in [1.82, 2.24) is 0 Å². The van der Waals surface area contributed by atoms with E-state index in [1.165, 1.54) is 76.7 Å². The largest absolute Gasteiger partial charge is 0.368 e. The minimum absolute atomic E-state index is 0.292. The molecule has 1 aliphatic carbocycles. The Morgan fingerprint density at radius 1 is 1.00 bits per heavy atom. The van der Waals surface area contributed by atoms with Gasteiger partial charge in [0.2, 0.25) is 0 Å². The lowest BCUT2D eigenvalue weighted by Crippen LogP contribution is -2.20. The minimum atomic E-state index is 0.292. The van der Waals surface area contributed by atoms with Crippen molar-refractivity contribution in [3.05, 3.63) is 13.0 Å². The molecule has 3 atom stereocenters. The molecular formula is C20H33NO. The van der Waals surface area contributed by atoms with Gasteiger partial charge in [0.25, 0.3) is 0 Å². The normalized spacial score (nSPS) is 24.4. The quantitative estimate of drug-likeness (QED) is 0.370. The van der Waals surface area contributed by atoms with Crippen molar-refractivity contribution in [3.63, 3.8) is 0 Å². The number of hydrogen-bond donors (Lipinski definition) is 0. The first kappa shape index (κ1) is 17.8. The van der Waals surface area contributed by atoms with Crippen LogP contribution >= 0.6 is 0 Å². The molecule has 0 N–H and O–H groups in total. The highest BCUT2D eigenvalue weighted by molar-refractivity contribution is 5.13. The summed E-state index contributed by atoms with van der Waals surface area (Å²) in [5.41, 5.74) is 0. The Bertz CT molecular complexity index is 335. The number of ether oxygens (including phenoxy) is 1.